The number of halogens is 3. The quantitative estimate of drug-likeness (QED) is 0.735. The Kier molecular flexibility index (Phi) is 4.23. The fourth-order valence-corrected chi connectivity index (χ4v) is 1.23. The largest absolute Gasteiger partial charge is 0.390 e. The first-order chi connectivity index (χ1) is 5.71. The van der Waals surface area contributed by atoms with E-state index in [0.717, 1.165) is 0 Å². The number of hydrogen-bond donors (Lipinski definition) is 1. The molecule has 0 aliphatic rings. The summed E-state index contributed by atoms with van der Waals surface area (Å²) in [5.74, 6) is -0.139. The zero-order chi connectivity index (χ0) is 10.7. The smallest absolute Gasteiger partial charge is 0.389 e. The molecule has 1 atom stereocenters. The van der Waals surface area contributed by atoms with Crippen LogP contribution in [0.3, 0.4) is 0 Å². The van der Waals surface area contributed by atoms with Crippen LogP contribution in [-0.4, -0.2) is 16.9 Å². The van der Waals surface area contributed by atoms with Crippen molar-refractivity contribution < 1.29 is 18.3 Å². The molecule has 0 rings (SSSR count). The van der Waals surface area contributed by atoms with Gasteiger partial charge in [-0.05, 0) is 18.8 Å². The van der Waals surface area contributed by atoms with E-state index in [9.17, 15) is 18.3 Å². The van der Waals surface area contributed by atoms with Crippen molar-refractivity contribution in [3.8, 4) is 0 Å². The molecule has 0 saturated heterocycles. The van der Waals surface area contributed by atoms with Crippen LogP contribution < -0.4 is 0 Å². The monoisotopic (exact) mass is 198 g/mol. The van der Waals surface area contributed by atoms with Crippen LogP contribution in [0.15, 0.2) is 0 Å². The maximum absolute atomic E-state index is 11.9. The van der Waals surface area contributed by atoms with E-state index in [0.29, 0.717) is 6.42 Å². The lowest BCUT2D eigenvalue weighted by Gasteiger charge is -2.31. The molecule has 0 aliphatic heterocycles. The summed E-state index contributed by atoms with van der Waals surface area (Å²) in [6, 6.07) is 0. The predicted octanol–water partition coefficient (Wildman–Crippen LogP) is 3.13. The fraction of sp³-hybridized carbons (Fsp3) is 1.00. The number of rotatable bonds is 4. The number of alkyl halides is 3. The zero-order valence-electron chi connectivity index (χ0n) is 8.28. The topological polar surface area (TPSA) is 20.2 Å². The molecule has 13 heavy (non-hydrogen) atoms. The first kappa shape index (κ1) is 12.8. The molecule has 0 aromatic carbocycles. The molecule has 0 radical (unpaired) electrons. The van der Waals surface area contributed by atoms with Gasteiger partial charge >= 0.3 is 6.18 Å². The minimum Gasteiger partial charge on any atom is -0.390 e. The molecule has 0 aliphatic carbocycles. The molecular formula is C9H17F3O. The van der Waals surface area contributed by atoms with Gasteiger partial charge in [-0.3, -0.25) is 0 Å². The third kappa shape index (κ3) is 4.50. The van der Waals surface area contributed by atoms with Gasteiger partial charge in [-0.25, -0.2) is 0 Å². The summed E-state index contributed by atoms with van der Waals surface area (Å²) >= 11 is 0. The van der Waals surface area contributed by atoms with E-state index in [1.54, 1.807) is 20.8 Å². The molecular weight excluding hydrogens is 181 g/mol. The molecule has 80 valence electrons. The van der Waals surface area contributed by atoms with E-state index >= 15 is 0 Å². The SMILES string of the molecule is CCC(O)(CCC(F)(F)F)C(C)C. The Labute approximate surface area is 76.9 Å². The second-order valence-electron chi connectivity index (χ2n) is 3.73. The summed E-state index contributed by atoms with van der Waals surface area (Å²) in [5.41, 5.74) is -1.17. The lowest BCUT2D eigenvalue weighted by atomic mass is 9.83. The average Bonchev–Trinajstić information content (AvgIpc) is 1.98. The molecule has 0 saturated carbocycles. The summed E-state index contributed by atoms with van der Waals surface area (Å²) in [5, 5.41) is 9.76. The molecule has 0 bridgehead atoms. The van der Waals surface area contributed by atoms with Gasteiger partial charge in [0.25, 0.3) is 0 Å². The van der Waals surface area contributed by atoms with Crippen LogP contribution in [0.25, 0.3) is 0 Å². The van der Waals surface area contributed by atoms with Crippen LogP contribution in [-0.2, 0) is 0 Å². The lowest BCUT2D eigenvalue weighted by molar-refractivity contribution is -0.150. The normalized spacial score (nSPS) is 17.5. The highest BCUT2D eigenvalue weighted by atomic mass is 19.4. The number of hydrogen-bond acceptors (Lipinski definition) is 1. The van der Waals surface area contributed by atoms with Crippen molar-refractivity contribution in [1.82, 2.24) is 0 Å². The van der Waals surface area contributed by atoms with Gasteiger partial charge in [0.1, 0.15) is 0 Å². The van der Waals surface area contributed by atoms with Crippen LogP contribution in [0.4, 0.5) is 13.2 Å². The highest BCUT2D eigenvalue weighted by molar-refractivity contribution is 4.81. The molecule has 0 fully saturated rings. The van der Waals surface area contributed by atoms with E-state index in [1.165, 1.54) is 0 Å². The van der Waals surface area contributed by atoms with E-state index in [4.69, 9.17) is 0 Å². The molecule has 0 aromatic heterocycles. The van der Waals surface area contributed by atoms with Gasteiger partial charge in [-0.1, -0.05) is 20.8 Å². The Morgan fingerprint density at radius 2 is 1.62 bits per heavy atom. The predicted molar refractivity (Wildman–Crippen MR) is 45.4 cm³/mol. The summed E-state index contributed by atoms with van der Waals surface area (Å²) in [7, 11) is 0. The third-order valence-corrected chi connectivity index (χ3v) is 2.53. The van der Waals surface area contributed by atoms with Gasteiger partial charge in [0.2, 0.25) is 0 Å². The Bertz CT molecular complexity index is 153. The second-order valence-corrected chi connectivity index (χ2v) is 3.73. The van der Waals surface area contributed by atoms with Crippen molar-refractivity contribution in [2.45, 2.75) is 51.8 Å². The van der Waals surface area contributed by atoms with Gasteiger partial charge in [-0.2, -0.15) is 13.2 Å². The first-order valence-electron chi connectivity index (χ1n) is 4.50. The van der Waals surface area contributed by atoms with Crippen LogP contribution in [0.1, 0.15) is 40.0 Å². The molecule has 1 N–H and O–H groups in total. The van der Waals surface area contributed by atoms with Gasteiger partial charge < -0.3 is 5.11 Å². The van der Waals surface area contributed by atoms with Crippen LogP contribution >= 0.6 is 0 Å². The van der Waals surface area contributed by atoms with Crippen LogP contribution in [0.2, 0.25) is 0 Å². The Morgan fingerprint density at radius 1 is 1.15 bits per heavy atom. The minimum atomic E-state index is -4.17. The maximum Gasteiger partial charge on any atom is 0.389 e. The van der Waals surface area contributed by atoms with E-state index in [1.807, 2.05) is 0 Å². The van der Waals surface area contributed by atoms with Crippen molar-refractivity contribution in [3.63, 3.8) is 0 Å². The van der Waals surface area contributed by atoms with Gasteiger partial charge in [0.15, 0.2) is 0 Å². The van der Waals surface area contributed by atoms with Gasteiger partial charge in [0.05, 0.1) is 5.60 Å². The first-order valence-corrected chi connectivity index (χ1v) is 4.50. The van der Waals surface area contributed by atoms with E-state index < -0.39 is 18.2 Å². The Balaban J connectivity index is 4.14. The van der Waals surface area contributed by atoms with Crippen molar-refractivity contribution in [1.29, 1.82) is 0 Å². The fourth-order valence-electron chi connectivity index (χ4n) is 1.23. The summed E-state index contributed by atoms with van der Waals surface area (Å²) in [6.07, 6.45) is -4.92. The van der Waals surface area contributed by atoms with Crippen molar-refractivity contribution in [3.05, 3.63) is 0 Å². The average molecular weight is 198 g/mol. The van der Waals surface area contributed by atoms with Gasteiger partial charge in [-0.15, -0.1) is 0 Å². The molecule has 4 heteroatoms. The summed E-state index contributed by atoms with van der Waals surface area (Å²) in [4.78, 5) is 0. The lowest BCUT2D eigenvalue weighted by Crippen LogP contribution is -2.35. The number of aliphatic hydroxyl groups is 1. The van der Waals surface area contributed by atoms with Crippen LogP contribution in [0.5, 0.6) is 0 Å². The highest BCUT2D eigenvalue weighted by Gasteiger charge is 2.35. The zero-order valence-corrected chi connectivity index (χ0v) is 8.28. The Morgan fingerprint density at radius 3 is 1.85 bits per heavy atom. The van der Waals surface area contributed by atoms with Crippen molar-refractivity contribution >= 4 is 0 Å². The van der Waals surface area contributed by atoms with Crippen LogP contribution in [0, 0.1) is 5.92 Å². The van der Waals surface area contributed by atoms with E-state index in [-0.39, 0.29) is 12.3 Å². The third-order valence-electron chi connectivity index (χ3n) is 2.53. The molecule has 1 unspecified atom stereocenters. The highest BCUT2D eigenvalue weighted by Crippen LogP contribution is 2.31. The second kappa shape index (κ2) is 4.31. The van der Waals surface area contributed by atoms with Crippen molar-refractivity contribution in [2.24, 2.45) is 5.92 Å². The van der Waals surface area contributed by atoms with Crippen molar-refractivity contribution in [2.75, 3.05) is 0 Å². The molecule has 0 heterocycles. The molecule has 0 aromatic rings. The minimum absolute atomic E-state index is 0.139. The summed E-state index contributed by atoms with van der Waals surface area (Å²) < 4.78 is 35.6. The molecule has 1 nitrogen and oxygen atoms in total. The standard InChI is InChI=1S/C9H17F3O/c1-4-8(13,7(2)3)5-6-9(10,11)12/h7,13H,4-6H2,1-3H3. The van der Waals surface area contributed by atoms with Gasteiger partial charge in [0, 0.05) is 6.42 Å². The summed E-state index contributed by atoms with van der Waals surface area (Å²) in [6.45, 7) is 5.18. The van der Waals surface area contributed by atoms with E-state index in [2.05, 4.69) is 0 Å². The molecule has 0 amide bonds. The maximum atomic E-state index is 11.9. The molecule has 0 spiro atoms. The Hall–Kier alpha value is -0.250.